The number of nitrogens with zero attached hydrogens (tertiary/aromatic N) is 2. The number of sulfonamides is 1. The third-order valence-electron chi connectivity index (χ3n) is 6.42. The predicted octanol–water partition coefficient (Wildman–Crippen LogP) is 2.01. The molecule has 2 heterocycles. The third kappa shape index (κ3) is 4.92. The van der Waals surface area contributed by atoms with Gasteiger partial charge < -0.3 is 5.32 Å². The van der Waals surface area contributed by atoms with Crippen molar-refractivity contribution in [3.63, 3.8) is 0 Å². The summed E-state index contributed by atoms with van der Waals surface area (Å²) in [5, 5.41) is 2.32. The molecule has 1 fully saturated rings. The van der Waals surface area contributed by atoms with Crippen molar-refractivity contribution in [2.45, 2.75) is 50.3 Å². The van der Waals surface area contributed by atoms with Crippen molar-refractivity contribution in [3.05, 3.63) is 58.4 Å². The molecule has 2 aromatic rings. The van der Waals surface area contributed by atoms with Crippen molar-refractivity contribution in [1.29, 1.82) is 0 Å². The Hall–Kier alpha value is -0.814. The maximum Gasteiger partial charge on any atom is 0.332 e. The molecule has 1 saturated heterocycles. The molecule has 9 heteroatoms. The second kappa shape index (κ2) is 9.58. The second-order valence-electron chi connectivity index (χ2n) is 8.47. The fourth-order valence-corrected chi connectivity index (χ4v) is 6.18. The summed E-state index contributed by atoms with van der Waals surface area (Å²) < 4.78 is 27.6. The topological polar surface area (TPSA) is 91.4 Å². The molecule has 0 atom stereocenters. The number of pyridine rings is 1. The Labute approximate surface area is 225 Å². The zero-order valence-corrected chi connectivity index (χ0v) is 21.8. The molecule has 159 valence electrons. The van der Waals surface area contributed by atoms with Crippen LogP contribution in [0.5, 0.6) is 0 Å². The molecule has 1 aromatic carbocycles. The number of hydrogen-bond donors (Lipinski definition) is 2. The normalized spacial score (nSPS) is 17.9. The molecule has 1 aromatic heterocycles. The first-order valence-corrected chi connectivity index (χ1v) is 12.2. The number of benzene rings is 1. The number of urea groups is 1. The molecule has 1 aliphatic heterocycles. The van der Waals surface area contributed by atoms with Gasteiger partial charge in [0, 0.05) is 82.9 Å². The van der Waals surface area contributed by atoms with E-state index >= 15 is 0 Å². The van der Waals surface area contributed by atoms with E-state index in [9.17, 15) is 13.2 Å². The van der Waals surface area contributed by atoms with Gasteiger partial charge in [-0.3, -0.25) is 9.88 Å². The molecular formula is C22H26KN4O3S. The van der Waals surface area contributed by atoms with Crippen LogP contribution in [0.3, 0.4) is 0 Å². The molecule has 2 aliphatic carbocycles. The summed E-state index contributed by atoms with van der Waals surface area (Å²) in [4.78, 5) is 18.9. The summed E-state index contributed by atoms with van der Waals surface area (Å²) in [6.07, 6.45) is 7.84. The number of carbonyl (C=O) groups excluding carboxylic acids is 1. The zero-order chi connectivity index (χ0) is 20.7. The fraction of sp³-hybridized carbons (Fsp3) is 0.455. The number of nitrogens with one attached hydrogen (secondary N) is 2. The average molecular weight is 466 g/mol. The maximum absolute atomic E-state index is 12.7. The Bertz CT molecular complexity index is 1050. The van der Waals surface area contributed by atoms with Crippen molar-refractivity contribution in [2.24, 2.45) is 0 Å². The molecule has 31 heavy (non-hydrogen) atoms. The summed E-state index contributed by atoms with van der Waals surface area (Å²) in [5.41, 5.74) is 6.75. The monoisotopic (exact) mass is 465 g/mol. The molecule has 0 unspecified atom stereocenters. The van der Waals surface area contributed by atoms with Crippen LogP contribution in [0.25, 0.3) is 0 Å². The first-order valence-electron chi connectivity index (χ1n) is 10.6. The first kappa shape index (κ1) is 23.3. The smallest absolute Gasteiger partial charge is 0.307 e. The summed E-state index contributed by atoms with van der Waals surface area (Å²) in [6.45, 7) is 1.41. The number of aromatic nitrogens is 1. The molecule has 2 amide bonds. The van der Waals surface area contributed by atoms with Gasteiger partial charge in [0.2, 0.25) is 10.0 Å². The van der Waals surface area contributed by atoms with Crippen molar-refractivity contribution in [2.75, 3.05) is 18.4 Å². The van der Waals surface area contributed by atoms with Gasteiger partial charge in [-0.15, -0.1) is 0 Å². The minimum absolute atomic E-state index is 0. The van der Waals surface area contributed by atoms with Crippen LogP contribution >= 0.6 is 0 Å². The van der Waals surface area contributed by atoms with E-state index in [-0.39, 0.29) is 51.4 Å². The van der Waals surface area contributed by atoms with Crippen LogP contribution in [-0.2, 0) is 42.3 Å². The number of amides is 2. The van der Waals surface area contributed by atoms with Gasteiger partial charge in [0.05, 0.1) is 5.69 Å². The van der Waals surface area contributed by atoms with Crippen LogP contribution in [0.4, 0.5) is 10.5 Å². The van der Waals surface area contributed by atoms with Gasteiger partial charge in [-0.05, 0) is 72.9 Å². The van der Waals surface area contributed by atoms with E-state index < -0.39 is 21.3 Å². The zero-order valence-electron chi connectivity index (χ0n) is 17.9. The van der Waals surface area contributed by atoms with Gasteiger partial charge in [-0.2, -0.15) is 0 Å². The number of aryl methyl sites for hydroxylation is 2. The predicted molar refractivity (Wildman–Crippen MR) is 121 cm³/mol. The van der Waals surface area contributed by atoms with Crippen molar-refractivity contribution in [1.82, 2.24) is 14.6 Å². The van der Waals surface area contributed by atoms with Crippen molar-refractivity contribution < 1.29 is 13.2 Å². The quantitative estimate of drug-likeness (QED) is 0.659. The Kier molecular flexibility index (Phi) is 7.22. The molecule has 0 bridgehead atoms. The fourth-order valence-electron chi connectivity index (χ4n) is 4.89. The van der Waals surface area contributed by atoms with Gasteiger partial charge in [0.1, 0.15) is 5.25 Å². The van der Waals surface area contributed by atoms with Crippen LogP contribution in [0.2, 0.25) is 0 Å². The minimum atomic E-state index is -3.72. The Balaban J connectivity index is 0.00000231. The van der Waals surface area contributed by atoms with Crippen LogP contribution in [0, 0.1) is 0 Å². The van der Waals surface area contributed by atoms with Gasteiger partial charge in [0.15, 0.2) is 0 Å². The molecule has 2 N–H and O–H groups in total. The van der Waals surface area contributed by atoms with E-state index in [0.29, 0.717) is 19.6 Å². The molecule has 0 saturated carbocycles. The number of anilines is 1. The largest absolute Gasteiger partial charge is 0.332 e. The molecule has 0 spiro atoms. The first-order chi connectivity index (χ1) is 14.5. The standard InChI is InChI=1S/C22H26N4O3S.K/c27-22(24-21-19-8-3-5-15(19)11-16-6-4-9-20(16)21)25-30(28,29)18-13-26(14-18)12-17-7-1-2-10-23-17;/h1-2,7,10-11,18H,3-6,8-9,12-14H2,(H2,24,25,27);. The Morgan fingerprint density at radius 2 is 1.74 bits per heavy atom. The van der Waals surface area contributed by atoms with Crippen LogP contribution in [0.1, 0.15) is 40.8 Å². The molecular weight excluding hydrogens is 439 g/mol. The molecule has 7 nitrogen and oxygen atoms in total. The SMILES string of the molecule is O=C(Nc1c2c(cc3c1CCC3)CCC2)NS(=O)(=O)C1CN(Cc2ccccn2)C1.[K]. The van der Waals surface area contributed by atoms with Gasteiger partial charge in [-0.1, -0.05) is 12.1 Å². The molecule has 1 radical (unpaired) electrons. The Morgan fingerprint density at radius 3 is 2.35 bits per heavy atom. The number of rotatable bonds is 5. The molecule has 5 rings (SSSR count). The van der Waals surface area contributed by atoms with Gasteiger partial charge >= 0.3 is 6.03 Å². The Morgan fingerprint density at radius 1 is 1.06 bits per heavy atom. The summed E-state index contributed by atoms with van der Waals surface area (Å²) >= 11 is 0. The second-order valence-corrected chi connectivity index (χ2v) is 10.4. The van der Waals surface area contributed by atoms with E-state index in [1.165, 1.54) is 22.3 Å². The van der Waals surface area contributed by atoms with Crippen molar-refractivity contribution >= 4 is 73.1 Å². The third-order valence-corrected chi connectivity index (χ3v) is 8.07. The summed E-state index contributed by atoms with van der Waals surface area (Å²) in [5.74, 6) is 0. The van der Waals surface area contributed by atoms with E-state index in [0.717, 1.165) is 49.9 Å². The van der Waals surface area contributed by atoms with Gasteiger partial charge in [0.25, 0.3) is 0 Å². The van der Waals surface area contributed by atoms with E-state index in [2.05, 4.69) is 21.1 Å². The van der Waals surface area contributed by atoms with E-state index in [1.807, 2.05) is 23.1 Å². The number of likely N-dealkylation sites (tertiary alicyclic amines) is 1. The summed E-state index contributed by atoms with van der Waals surface area (Å²) in [7, 11) is -3.72. The number of hydrogen-bond acceptors (Lipinski definition) is 5. The average Bonchev–Trinajstić information content (AvgIpc) is 3.33. The molecule has 3 aliphatic rings. The van der Waals surface area contributed by atoms with Crippen LogP contribution in [-0.4, -0.2) is 94.1 Å². The maximum atomic E-state index is 12.7. The van der Waals surface area contributed by atoms with Crippen LogP contribution < -0.4 is 10.0 Å². The van der Waals surface area contributed by atoms with E-state index in [4.69, 9.17) is 0 Å². The van der Waals surface area contributed by atoms with E-state index in [1.54, 1.807) is 6.20 Å². The summed E-state index contributed by atoms with van der Waals surface area (Å²) in [6, 6.07) is 7.33. The number of fused-ring (bicyclic) bond motifs is 2. The van der Waals surface area contributed by atoms with Crippen LogP contribution in [0.15, 0.2) is 30.5 Å². The van der Waals surface area contributed by atoms with Gasteiger partial charge in [-0.25, -0.2) is 17.9 Å². The minimum Gasteiger partial charge on any atom is -0.307 e. The van der Waals surface area contributed by atoms with Crippen molar-refractivity contribution in [3.8, 4) is 0 Å². The number of carbonyl (C=O) groups is 1.